The van der Waals surface area contributed by atoms with Gasteiger partial charge >= 0.3 is 0 Å². The third kappa shape index (κ3) is 3.82. The lowest BCUT2D eigenvalue weighted by molar-refractivity contribution is 1.18. The van der Waals surface area contributed by atoms with Gasteiger partial charge in [-0.15, -0.1) is 11.3 Å². The summed E-state index contributed by atoms with van der Waals surface area (Å²) in [7, 11) is 0. The van der Waals surface area contributed by atoms with Gasteiger partial charge in [0, 0.05) is 48.4 Å². The summed E-state index contributed by atoms with van der Waals surface area (Å²) < 4.78 is 7.66. The van der Waals surface area contributed by atoms with Crippen molar-refractivity contribution in [1.29, 1.82) is 0 Å². The molecule has 0 aliphatic heterocycles. The first-order valence-corrected chi connectivity index (χ1v) is 19.8. The molecule has 13 rings (SSSR count). The number of para-hydroxylation sites is 3. The molecule has 254 valence electrons. The minimum absolute atomic E-state index is 1.16. The molecule has 0 radical (unpaired) electrons. The first kappa shape index (κ1) is 29.5. The van der Waals surface area contributed by atoms with Gasteiger partial charge in [0.1, 0.15) is 0 Å². The molecule has 0 fully saturated rings. The van der Waals surface area contributed by atoms with Crippen LogP contribution in [0.25, 0.3) is 119 Å². The average molecular weight is 715 g/mol. The molecule has 0 bridgehead atoms. The van der Waals surface area contributed by atoms with E-state index in [2.05, 4.69) is 191 Å². The molecule has 0 saturated heterocycles. The van der Waals surface area contributed by atoms with E-state index in [9.17, 15) is 0 Å². The Morgan fingerprint density at radius 3 is 1.58 bits per heavy atom. The minimum atomic E-state index is 1.16. The highest BCUT2D eigenvalue weighted by atomic mass is 32.1. The second kappa shape index (κ2) is 10.8. The molecule has 3 heteroatoms. The van der Waals surface area contributed by atoms with Gasteiger partial charge < -0.3 is 9.13 Å². The van der Waals surface area contributed by atoms with Gasteiger partial charge in [0.05, 0.1) is 26.8 Å². The summed E-state index contributed by atoms with van der Waals surface area (Å²) in [4.78, 5) is 0. The largest absolute Gasteiger partial charge is 0.309 e. The van der Waals surface area contributed by atoms with Crippen LogP contribution in [0, 0.1) is 0 Å². The topological polar surface area (TPSA) is 9.86 Å². The molecule has 0 spiro atoms. The second-order valence-corrected chi connectivity index (χ2v) is 15.8. The van der Waals surface area contributed by atoms with Crippen LogP contribution in [0.1, 0.15) is 0 Å². The number of aromatic nitrogens is 2. The van der Waals surface area contributed by atoms with Crippen LogP contribution in [0.4, 0.5) is 0 Å². The minimum Gasteiger partial charge on any atom is -0.309 e. The summed E-state index contributed by atoms with van der Waals surface area (Å²) >= 11 is 1.91. The molecule has 0 unspecified atom stereocenters. The van der Waals surface area contributed by atoms with Crippen molar-refractivity contribution >= 4 is 85.9 Å². The summed E-state index contributed by atoms with van der Waals surface area (Å²) in [6.45, 7) is 0. The predicted molar refractivity (Wildman–Crippen MR) is 235 cm³/mol. The Hall–Kier alpha value is -6.94. The molecule has 1 aliphatic rings. The van der Waals surface area contributed by atoms with Crippen LogP contribution in [0.5, 0.6) is 0 Å². The van der Waals surface area contributed by atoms with Crippen LogP contribution in [0.15, 0.2) is 182 Å². The predicted octanol–water partition coefficient (Wildman–Crippen LogP) is 14.7. The van der Waals surface area contributed by atoms with Gasteiger partial charge in [-0.1, -0.05) is 140 Å². The van der Waals surface area contributed by atoms with Crippen LogP contribution in [-0.2, 0) is 0 Å². The molecular formula is C52H30N2S. The SMILES string of the molecule is c1ccc(-n2c3ccccc3c3c4c5ccccc5n(-c5ccc(-c6ccc7c8c(cccc68)-c6ccccc6-7)cc5)c4c4c5ccccc5sc4c32)cc1. The Kier molecular flexibility index (Phi) is 5.80. The Labute approximate surface area is 320 Å². The summed E-state index contributed by atoms with van der Waals surface area (Å²) in [6.07, 6.45) is 0. The number of benzene rings is 9. The molecule has 1 aliphatic carbocycles. The van der Waals surface area contributed by atoms with Gasteiger partial charge in [-0.05, 0) is 86.6 Å². The molecule has 12 aromatic rings. The van der Waals surface area contributed by atoms with Gasteiger partial charge in [0.25, 0.3) is 0 Å². The van der Waals surface area contributed by atoms with Gasteiger partial charge in [0.15, 0.2) is 0 Å². The quantitative estimate of drug-likeness (QED) is 0.172. The number of hydrogen-bond acceptors (Lipinski definition) is 1. The fraction of sp³-hybridized carbons (Fsp3) is 0. The van der Waals surface area contributed by atoms with Gasteiger partial charge in [0.2, 0.25) is 0 Å². The van der Waals surface area contributed by atoms with E-state index in [1.165, 1.54) is 114 Å². The summed E-state index contributed by atoms with van der Waals surface area (Å²) in [5.74, 6) is 0. The Bertz CT molecular complexity index is 3550. The molecule has 9 aromatic carbocycles. The first-order chi connectivity index (χ1) is 27.3. The highest BCUT2D eigenvalue weighted by Crippen LogP contribution is 2.52. The molecule has 3 heterocycles. The van der Waals surface area contributed by atoms with Crippen molar-refractivity contribution in [3.8, 4) is 44.8 Å². The lowest BCUT2D eigenvalue weighted by Crippen LogP contribution is -1.96. The first-order valence-electron chi connectivity index (χ1n) is 18.9. The van der Waals surface area contributed by atoms with E-state index >= 15 is 0 Å². The molecule has 0 atom stereocenters. The van der Waals surface area contributed by atoms with Gasteiger partial charge in [-0.2, -0.15) is 0 Å². The highest BCUT2D eigenvalue weighted by Gasteiger charge is 2.27. The Morgan fingerprint density at radius 2 is 0.836 bits per heavy atom. The second-order valence-electron chi connectivity index (χ2n) is 14.8. The van der Waals surface area contributed by atoms with Crippen LogP contribution in [-0.4, -0.2) is 9.13 Å². The maximum atomic E-state index is 2.54. The van der Waals surface area contributed by atoms with E-state index in [0.717, 1.165) is 5.69 Å². The normalized spacial score (nSPS) is 12.4. The van der Waals surface area contributed by atoms with E-state index in [1.54, 1.807) is 0 Å². The standard InChI is InChI=1S/C52H30N2S/c1-2-13-32(14-3-1)54-44-23-10-7-18-41(44)48-47-40-17-6-9-22-43(40)53(50(47)49-42-19-8-11-24-45(42)55-52(49)51(48)54)33-27-25-31(26-28-33)34-29-30-39-36-16-5-4-15-35(36)38-21-12-20-37(34)46(38)39/h1-30H. The number of fused-ring (bicyclic) bond motifs is 15. The van der Waals surface area contributed by atoms with E-state index in [0.29, 0.717) is 0 Å². The van der Waals surface area contributed by atoms with E-state index in [-0.39, 0.29) is 0 Å². The van der Waals surface area contributed by atoms with Crippen molar-refractivity contribution in [2.75, 3.05) is 0 Å². The van der Waals surface area contributed by atoms with E-state index in [4.69, 9.17) is 0 Å². The van der Waals surface area contributed by atoms with Crippen molar-refractivity contribution < 1.29 is 0 Å². The Balaban J connectivity index is 1.13. The number of rotatable bonds is 3. The fourth-order valence-electron chi connectivity index (χ4n) is 9.85. The molecule has 3 aromatic heterocycles. The number of thiophene rings is 1. The van der Waals surface area contributed by atoms with Gasteiger partial charge in [-0.3, -0.25) is 0 Å². The zero-order chi connectivity index (χ0) is 35.8. The summed E-state index contributed by atoms with van der Waals surface area (Å²) in [6, 6.07) is 67.3. The van der Waals surface area contributed by atoms with Crippen molar-refractivity contribution in [2.24, 2.45) is 0 Å². The Morgan fingerprint density at radius 1 is 0.309 bits per heavy atom. The van der Waals surface area contributed by atoms with E-state index < -0.39 is 0 Å². The monoisotopic (exact) mass is 714 g/mol. The molecule has 0 N–H and O–H groups in total. The molecule has 0 saturated carbocycles. The lowest BCUT2D eigenvalue weighted by Gasteiger charge is -2.13. The summed E-state index contributed by atoms with van der Waals surface area (Å²) in [5.41, 5.74) is 15.2. The maximum absolute atomic E-state index is 2.54. The van der Waals surface area contributed by atoms with Crippen LogP contribution in [0.2, 0.25) is 0 Å². The smallest absolute Gasteiger partial charge is 0.0727 e. The molecule has 2 nitrogen and oxygen atoms in total. The van der Waals surface area contributed by atoms with Crippen LogP contribution < -0.4 is 0 Å². The van der Waals surface area contributed by atoms with Crippen molar-refractivity contribution in [3.63, 3.8) is 0 Å². The average Bonchev–Trinajstić information content (AvgIpc) is 3.99. The van der Waals surface area contributed by atoms with E-state index in [1.807, 2.05) is 11.3 Å². The van der Waals surface area contributed by atoms with Crippen molar-refractivity contribution in [3.05, 3.63) is 182 Å². The number of hydrogen-bond donors (Lipinski definition) is 0. The third-order valence-electron chi connectivity index (χ3n) is 12.0. The fourth-order valence-corrected chi connectivity index (χ4v) is 11.1. The van der Waals surface area contributed by atoms with Crippen LogP contribution in [0.3, 0.4) is 0 Å². The van der Waals surface area contributed by atoms with Crippen LogP contribution >= 0.6 is 11.3 Å². The maximum Gasteiger partial charge on any atom is 0.0727 e. The zero-order valence-corrected chi connectivity index (χ0v) is 30.4. The molecule has 0 amide bonds. The lowest BCUT2D eigenvalue weighted by atomic mass is 9.94. The van der Waals surface area contributed by atoms with Crippen molar-refractivity contribution in [2.45, 2.75) is 0 Å². The van der Waals surface area contributed by atoms with Gasteiger partial charge in [-0.25, -0.2) is 0 Å². The molecular weight excluding hydrogens is 685 g/mol. The van der Waals surface area contributed by atoms with Crippen molar-refractivity contribution in [1.82, 2.24) is 9.13 Å². The zero-order valence-electron chi connectivity index (χ0n) is 29.6. The molecule has 55 heavy (non-hydrogen) atoms. The number of nitrogens with zero attached hydrogens (tertiary/aromatic N) is 2. The third-order valence-corrected chi connectivity index (χ3v) is 13.2. The summed E-state index contributed by atoms with van der Waals surface area (Å²) in [5, 5.41) is 10.4. The highest BCUT2D eigenvalue weighted by molar-refractivity contribution is 7.27.